The Balaban J connectivity index is 1.56. The molecule has 5 nitrogen and oxygen atoms in total. The van der Waals surface area contributed by atoms with E-state index in [1.54, 1.807) is 0 Å². The van der Waals surface area contributed by atoms with Crippen molar-refractivity contribution in [2.45, 2.75) is 13.5 Å². The summed E-state index contributed by atoms with van der Waals surface area (Å²) < 4.78 is 33.1. The van der Waals surface area contributed by atoms with Crippen LogP contribution >= 0.6 is 0 Å². The lowest BCUT2D eigenvalue weighted by Crippen LogP contribution is -2.28. The summed E-state index contributed by atoms with van der Waals surface area (Å²) in [6, 6.07) is 6.78. The summed E-state index contributed by atoms with van der Waals surface area (Å²) in [6.07, 6.45) is 3.70. The molecule has 0 aliphatic carbocycles. The van der Waals surface area contributed by atoms with Crippen molar-refractivity contribution in [3.8, 4) is 5.75 Å². The van der Waals surface area contributed by atoms with Crippen LogP contribution in [0, 0.1) is 18.6 Å². The van der Waals surface area contributed by atoms with E-state index in [1.807, 2.05) is 35.9 Å². The van der Waals surface area contributed by atoms with Crippen LogP contribution in [0.2, 0.25) is 0 Å². The van der Waals surface area contributed by atoms with Gasteiger partial charge < -0.3 is 14.5 Å². The molecule has 0 aliphatic heterocycles. The molecule has 0 spiro atoms. The first kappa shape index (κ1) is 15.9. The highest BCUT2D eigenvalue weighted by Crippen LogP contribution is 2.17. The predicted molar refractivity (Wildman–Crippen MR) is 83.6 cm³/mol. The molecule has 7 heteroatoms. The summed E-state index contributed by atoms with van der Waals surface area (Å²) in [5, 5.41) is 2.64. The van der Waals surface area contributed by atoms with Crippen LogP contribution in [-0.2, 0) is 11.3 Å². The van der Waals surface area contributed by atoms with Crippen molar-refractivity contribution in [3.05, 3.63) is 65.6 Å². The second-order valence-corrected chi connectivity index (χ2v) is 5.29. The first-order valence-electron chi connectivity index (χ1n) is 7.30. The first-order chi connectivity index (χ1) is 11.5. The van der Waals surface area contributed by atoms with Gasteiger partial charge in [-0.25, -0.2) is 13.8 Å². The van der Waals surface area contributed by atoms with Crippen molar-refractivity contribution >= 4 is 11.6 Å². The molecule has 1 N–H and O–H groups in total. The molecule has 0 bridgehead atoms. The number of carbonyl (C=O) groups is 1. The summed E-state index contributed by atoms with van der Waals surface area (Å²) >= 11 is 0. The molecule has 0 aliphatic rings. The Morgan fingerprint density at radius 1 is 1.33 bits per heavy atom. The maximum Gasteiger partial charge on any atom is 0.258 e. The van der Waals surface area contributed by atoms with E-state index in [1.165, 1.54) is 0 Å². The number of aryl methyl sites for hydroxylation is 1. The monoisotopic (exact) mass is 331 g/mol. The molecule has 0 saturated carbocycles. The van der Waals surface area contributed by atoms with Crippen LogP contribution in [0.15, 0.2) is 42.7 Å². The van der Waals surface area contributed by atoms with Gasteiger partial charge in [-0.15, -0.1) is 0 Å². The molecule has 3 aromatic rings. The maximum atomic E-state index is 13.4. The summed E-state index contributed by atoms with van der Waals surface area (Å²) in [6.45, 7) is 1.82. The Morgan fingerprint density at radius 2 is 2.17 bits per heavy atom. The van der Waals surface area contributed by atoms with E-state index in [9.17, 15) is 13.6 Å². The van der Waals surface area contributed by atoms with Crippen LogP contribution in [0.25, 0.3) is 5.65 Å². The topological polar surface area (TPSA) is 55.6 Å². The van der Waals surface area contributed by atoms with E-state index >= 15 is 0 Å². The summed E-state index contributed by atoms with van der Waals surface area (Å²) in [5.74, 6) is -2.15. The van der Waals surface area contributed by atoms with Gasteiger partial charge in [-0.05, 0) is 30.7 Å². The molecule has 124 valence electrons. The second-order valence-electron chi connectivity index (χ2n) is 5.29. The summed E-state index contributed by atoms with van der Waals surface area (Å²) in [7, 11) is 0. The second kappa shape index (κ2) is 6.66. The molecule has 2 heterocycles. The summed E-state index contributed by atoms with van der Waals surface area (Å²) in [4.78, 5) is 16.2. The number of pyridine rings is 1. The van der Waals surface area contributed by atoms with Crippen LogP contribution in [0.5, 0.6) is 5.75 Å². The van der Waals surface area contributed by atoms with Gasteiger partial charge in [0.25, 0.3) is 5.91 Å². The molecule has 24 heavy (non-hydrogen) atoms. The average Bonchev–Trinajstić information content (AvgIpc) is 2.97. The van der Waals surface area contributed by atoms with Crippen molar-refractivity contribution in [1.29, 1.82) is 0 Å². The predicted octanol–water partition coefficient (Wildman–Crippen LogP) is 2.62. The highest BCUT2D eigenvalue weighted by atomic mass is 19.1. The van der Waals surface area contributed by atoms with E-state index in [0.29, 0.717) is 11.8 Å². The third-order valence-electron chi connectivity index (χ3n) is 3.45. The van der Waals surface area contributed by atoms with E-state index in [4.69, 9.17) is 4.74 Å². The van der Waals surface area contributed by atoms with Crippen molar-refractivity contribution in [2.75, 3.05) is 6.61 Å². The Labute approximate surface area is 136 Å². The Kier molecular flexibility index (Phi) is 4.41. The van der Waals surface area contributed by atoms with Gasteiger partial charge in [0.15, 0.2) is 18.2 Å². The molecule has 0 unspecified atom stereocenters. The zero-order valence-electron chi connectivity index (χ0n) is 12.9. The average molecular weight is 331 g/mol. The molecule has 0 atom stereocenters. The standard InChI is InChI=1S/C17H15F2N3O2/c1-11-3-2-6-22-9-13(21-17(11)22)8-20-16(23)10-24-15-5-4-12(18)7-14(15)19/h2-7,9H,8,10H2,1H3,(H,20,23). The minimum atomic E-state index is -0.848. The minimum absolute atomic E-state index is 0.171. The fourth-order valence-corrected chi connectivity index (χ4v) is 2.27. The number of ether oxygens (including phenoxy) is 1. The number of halogens is 2. The number of aromatic nitrogens is 2. The number of carbonyl (C=O) groups excluding carboxylic acids is 1. The Hall–Kier alpha value is -2.96. The molecule has 3 rings (SSSR count). The molecule has 0 radical (unpaired) electrons. The lowest BCUT2D eigenvalue weighted by atomic mass is 10.3. The SMILES string of the molecule is Cc1cccn2cc(CNC(=O)COc3ccc(F)cc3F)nc12. The Morgan fingerprint density at radius 3 is 2.92 bits per heavy atom. The van der Waals surface area contributed by atoms with E-state index in [-0.39, 0.29) is 18.9 Å². The number of nitrogens with zero attached hydrogens (tertiary/aromatic N) is 2. The number of nitrogens with one attached hydrogen (secondary N) is 1. The van der Waals surface area contributed by atoms with Gasteiger partial charge >= 0.3 is 0 Å². The number of rotatable bonds is 5. The zero-order valence-corrected chi connectivity index (χ0v) is 12.9. The lowest BCUT2D eigenvalue weighted by Gasteiger charge is -2.07. The number of hydrogen-bond donors (Lipinski definition) is 1. The van der Waals surface area contributed by atoms with Crippen LogP contribution in [0.3, 0.4) is 0 Å². The van der Waals surface area contributed by atoms with Crippen molar-refractivity contribution in [1.82, 2.24) is 14.7 Å². The molecule has 0 saturated heterocycles. The smallest absolute Gasteiger partial charge is 0.258 e. The van der Waals surface area contributed by atoms with Gasteiger partial charge in [-0.3, -0.25) is 4.79 Å². The van der Waals surface area contributed by atoms with Crippen molar-refractivity contribution in [2.24, 2.45) is 0 Å². The Bertz CT molecular complexity index is 893. The van der Waals surface area contributed by atoms with Crippen LogP contribution in [0.4, 0.5) is 8.78 Å². The fourth-order valence-electron chi connectivity index (χ4n) is 2.27. The van der Waals surface area contributed by atoms with Crippen LogP contribution < -0.4 is 10.1 Å². The van der Waals surface area contributed by atoms with Gasteiger partial charge in [-0.1, -0.05) is 6.07 Å². The van der Waals surface area contributed by atoms with Gasteiger partial charge in [0, 0.05) is 18.5 Å². The van der Waals surface area contributed by atoms with Crippen LogP contribution in [-0.4, -0.2) is 21.9 Å². The highest BCUT2D eigenvalue weighted by molar-refractivity contribution is 5.77. The third-order valence-corrected chi connectivity index (χ3v) is 3.45. The van der Waals surface area contributed by atoms with Gasteiger partial charge in [0.1, 0.15) is 11.5 Å². The number of amides is 1. The lowest BCUT2D eigenvalue weighted by molar-refractivity contribution is -0.123. The maximum absolute atomic E-state index is 13.4. The van der Waals surface area contributed by atoms with Crippen LogP contribution in [0.1, 0.15) is 11.3 Å². The number of benzene rings is 1. The quantitative estimate of drug-likeness (QED) is 0.782. The summed E-state index contributed by atoms with van der Waals surface area (Å²) in [5.41, 5.74) is 2.56. The van der Waals surface area contributed by atoms with Crippen molar-refractivity contribution < 1.29 is 18.3 Å². The van der Waals surface area contributed by atoms with Gasteiger partial charge in [0.05, 0.1) is 12.2 Å². The van der Waals surface area contributed by atoms with E-state index < -0.39 is 17.5 Å². The number of fused-ring (bicyclic) bond motifs is 1. The molecule has 2 aromatic heterocycles. The number of imidazole rings is 1. The molecule has 1 amide bonds. The molecule has 0 fully saturated rings. The van der Waals surface area contributed by atoms with E-state index in [0.717, 1.165) is 23.3 Å². The zero-order chi connectivity index (χ0) is 17.1. The first-order valence-corrected chi connectivity index (χ1v) is 7.30. The van der Waals surface area contributed by atoms with Gasteiger partial charge in [-0.2, -0.15) is 0 Å². The molecular formula is C17H15F2N3O2. The minimum Gasteiger partial charge on any atom is -0.481 e. The largest absolute Gasteiger partial charge is 0.481 e. The number of hydrogen-bond acceptors (Lipinski definition) is 3. The third kappa shape index (κ3) is 3.51. The molecule has 1 aromatic carbocycles. The normalized spacial score (nSPS) is 10.8. The fraction of sp³-hybridized carbons (Fsp3) is 0.176. The highest BCUT2D eigenvalue weighted by Gasteiger charge is 2.09. The molecular weight excluding hydrogens is 316 g/mol. The van der Waals surface area contributed by atoms with Gasteiger partial charge in [0.2, 0.25) is 0 Å². The van der Waals surface area contributed by atoms with E-state index in [2.05, 4.69) is 10.3 Å². The van der Waals surface area contributed by atoms with Crippen molar-refractivity contribution in [3.63, 3.8) is 0 Å².